The molecule has 0 unspecified atom stereocenters. The summed E-state index contributed by atoms with van der Waals surface area (Å²) in [5.41, 5.74) is 6.46. The third kappa shape index (κ3) is 3.55. The molecule has 1 aliphatic carbocycles. The van der Waals surface area contributed by atoms with Crippen molar-refractivity contribution in [1.29, 1.82) is 0 Å². The van der Waals surface area contributed by atoms with Gasteiger partial charge in [-0.15, -0.1) is 0 Å². The predicted octanol–water partition coefficient (Wildman–Crippen LogP) is 2.86. The molecule has 0 atom stereocenters. The van der Waals surface area contributed by atoms with Crippen molar-refractivity contribution in [1.82, 2.24) is 20.0 Å². The SMILES string of the molecule is CC1(NC(=O)N2CCn3nc(-c4ccc(F)c(Cl)c4)c(C(N)=O)c3C2)CC(F)C1. The summed E-state index contributed by atoms with van der Waals surface area (Å²) in [6, 6.07) is 3.72. The summed E-state index contributed by atoms with van der Waals surface area (Å²) >= 11 is 5.86. The minimum absolute atomic E-state index is 0.0928. The summed E-state index contributed by atoms with van der Waals surface area (Å²) in [5, 5.41) is 7.22. The summed E-state index contributed by atoms with van der Waals surface area (Å²) in [5.74, 6) is -1.28. The highest BCUT2D eigenvalue weighted by molar-refractivity contribution is 6.31. The lowest BCUT2D eigenvalue weighted by atomic mass is 9.77. The van der Waals surface area contributed by atoms with E-state index in [0.29, 0.717) is 30.0 Å². The number of amides is 3. The van der Waals surface area contributed by atoms with Crippen molar-refractivity contribution in [2.24, 2.45) is 5.73 Å². The number of alkyl halides is 1. The summed E-state index contributed by atoms with van der Waals surface area (Å²) < 4.78 is 28.3. The number of nitrogens with two attached hydrogens (primary N) is 1. The van der Waals surface area contributed by atoms with Crippen LogP contribution in [0.5, 0.6) is 0 Å². The molecule has 0 bridgehead atoms. The van der Waals surface area contributed by atoms with Crippen LogP contribution < -0.4 is 11.1 Å². The first kappa shape index (κ1) is 19.6. The van der Waals surface area contributed by atoms with Gasteiger partial charge in [0.2, 0.25) is 0 Å². The number of hydrogen-bond donors (Lipinski definition) is 2. The van der Waals surface area contributed by atoms with Crippen molar-refractivity contribution >= 4 is 23.5 Å². The van der Waals surface area contributed by atoms with Crippen LogP contribution in [-0.4, -0.2) is 44.9 Å². The van der Waals surface area contributed by atoms with Crippen LogP contribution in [0.4, 0.5) is 13.6 Å². The van der Waals surface area contributed by atoms with E-state index in [1.54, 1.807) is 16.5 Å². The molecule has 2 aliphatic rings. The molecular weight excluding hydrogens is 404 g/mol. The molecule has 1 fully saturated rings. The van der Waals surface area contributed by atoms with Gasteiger partial charge in [-0.25, -0.2) is 13.6 Å². The van der Waals surface area contributed by atoms with E-state index in [1.807, 2.05) is 0 Å². The maximum Gasteiger partial charge on any atom is 0.318 e. The number of carbonyl (C=O) groups is 2. The quantitative estimate of drug-likeness (QED) is 0.794. The van der Waals surface area contributed by atoms with E-state index in [9.17, 15) is 18.4 Å². The van der Waals surface area contributed by atoms with E-state index < -0.39 is 23.4 Å². The van der Waals surface area contributed by atoms with E-state index in [2.05, 4.69) is 10.4 Å². The second kappa shape index (κ2) is 6.98. The standard InChI is InChI=1S/C19H20ClF2N5O2/c1-19(7-11(21)8-19)24-18(29)26-4-5-27-14(9-26)15(17(23)28)16(25-27)10-2-3-13(22)12(20)6-10/h2-3,6,11H,4-5,7-9H2,1H3,(H2,23,28)(H,24,29). The minimum Gasteiger partial charge on any atom is -0.365 e. The molecule has 4 rings (SSSR count). The van der Waals surface area contributed by atoms with Crippen molar-refractivity contribution in [2.45, 2.75) is 44.6 Å². The summed E-state index contributed by atoms with van der Waals surface area (Å²) in [4.78, 5) is 26.4. The Bertz CT molecular complexity index is 1000. The second-order valence-electron chi connectivity index (χ2n) is 7.80. The summed E-state index contributed by atoms with van der Waals surface area (Å²) in [7, 11) is 0. The Morgan fingerprint density at radius 3 is 2.69 bits per heavy atom. The monoisotopic (exact) mass is 423 g/mol. The maximum atomic E-state index is 13.5. The second-order valence-corrected chi connectivity index (χ2v) is 8.21. The molecule has 2 aromatic rings. The summed E-state index contributed by atoms with van der Waals surface area (Å²) in [6.45, 7) is 2.67. The molecule has 1 aromatic carbocycles. The predicted molar refractivity (Wildman–Crippen MR) is 103 cm³/mol. The van der Waals surface area contributed by atoms with Crippen molar-refractivity contribution in [2.75, 3.05) is 6.54 Å². The van der Waals surface area contributed by atoms with Crippen LogP contribution in [-0.2, 0) is 13.1 Å². The Morgan fingerprint density at radius 2 is 2.07 bits per heavy atom. The first-order valence-corrected chi connectivity index (χ1v) is 9.61. The van der Waals surface area contributed by atoms with E-state index >= 15 is 0 Å². The van der Waals surface area contributed by atoms with Gasteiger partial charge in [-0.2, -0.15) is 5.10 Å². The number of carbonyl (C=O) groups excluding carboxylic acids is 2. The molecule has 10 heteroatoms. The van der Waals surface area contributed by atoms with Crippen LogP contribution >= 0.6 is 11.6 Å². The van der Waals surface area contributed by atoms with E-state index in [-0.39, 0.29) is 36.0 Å². The van der Waals surface area contributed by atoms with Crippen molar-refractivity contribution in [3.63, 3.8) is 0 Å². The lowest BCUT2D eigenvalue weighted by molar-refractivity contribution is 0.0789. The van der Waals surface area contributed by atoms with Gasteiger partial charge in [-0.05, 0) is 25.1 Å². The van der Waals surface area contributed by atoms with E-state index in [4.69, 9.17) is 17.3 Å². The molecule has 1 aromatic heterocycles. The number of rotatable bonds is 3. The average Bonchev–Trinajstić information content (AvgIpc) is 3.01. The van der Waals surface area contributed by atoms with Crippen LogP contribution in [0.25, 0.3) is 11.3 Å². The fourth-order valence-electron chi connectivity index (χ4n) is 3.95. The Hall–Kier alpha value is -2.68. The van der Waals surface area contributed by atoms with Gasteiger partial charge in [0, 0.05) is 30.5 Å². The highest BCUT2D eigenvalue weighted by Crippen LogP contribution is 2.35. The molecule has 2 heterocycles. The van der Waals surface area contributed by atoms with E-state index in [0.717, 1.165) is 0 Å². The Morgan fingerprint density at radius 1 is 1.34 bits per heavy atom. The molecule has 29 heavy (non-hydrogen) atoms. The lowest BCUT2D eigenvalue weighted by Gasteiger charge is -2.43. The Kier molecular flexibility index (Phi) is 4.72. The fraction of sp³-hybridized carbons (Fsp3) is 0.421. The number of benzene rings is 1. The summed E-state index contributed by atoms with van der Waals surface area (Å²) in [6.07, 6.45) is -0.325. The zero-order valence-corrected chi connectivity index (χ0v) is 16.5. The number of nitrogens with one attached hydrogen (secondary N) is 1. The topological polar surface area (TPSA) is 93.2 Å². The highest BCUT2D eigenvalue weighted by Gasteiger charge is 2.43. The van der Waals surface area contributed by atoms with Gasteiger partial charge in [0.15, 0.2) is 0 Å². The van der Waals surface area contributed by atoms with Gasteiger partial charge in [0.25, 0.3) is 5.91 Å². The molecule has 1 aliphatic heterocycles. The van der Waals surface area contributed by atoms with Crippen molar-refractivity contribution in [3.8, 4) is 11.3 Å². The Balaban J connectivity index is 1.62. The number of fused-ring (bicyclic) bond motifs is 1. The number of aromatic nitrogens is 2. The Labute approximate surface area is 170 Å². The minimum atomic E-state index is -0.894. The average molecular weight is 424 g/mol. The molecule has 3 N–H and O–H groups in total. The number of urea groups is 1. The number of halogens is 3. The van der Waals surface area contributed by atoms with Crippen LogP contribution in [0, 0.1) is 5.82 Å². The largest absolute Gasteiger partial charge is 0.365 e. The first-order chi connectivity index (χ1) is 13.7. The molecule has 0 radical (unpaired) electrons. The van der Waals surface area contributed by atoms with Gasteiger partial charge in [0.05, 0.1) is 29.4 Å². The molecule has 1 saturated carbocycles. The van der Waals surface area contributed by atoms with Gasteiger partial charge in [0.1, 0.15) is 17.7 Å². The zero-order valence-electron chi connectivity index (χ0n) is 15.7. The first-order valence-electron chi connectivity index (χ1n) is 9.23. The van der Waals surface area contributed by atoms with Crippen LogP contribution in [0.2, 0.25) is 5.02 Å². The maximum absolute atomic E-state index is 13.5. The van der Waals surface area contributed by atoms with Crippen LogP contribution in [0.1, 0.15) is 35.8 Å². The zero-order chi connectivity index (χ0) is 20.9. The van der Waals surface area contributed by atoms with Crippen molar-refractivity contribution in [3.05, 3.63) is 40.3 Å². The third-order valence-corrected chi connectivity index (χ3v) is 5.75. The fourth-order valence-corrected chi connectivity index (χ4v) is 4.13. The number of primary amides is 1. The number of hydrogen-bond acceptors (Lipinski definition) is 3. The molecule has 7 nitrogen and oxygen atoms in total. The van der Waals surface area contributed by atoms with Gasteiger partial charge in [-0.3, -0.25) is 9.48 Å². The van der Waals surface area contributed by atoms with Gasteiger partial charge >= 0.3 is 6.03 Å². The highest BCUT2D eigenvalue weighted by atomic mass is 35.5. The molecule has 0 saturated heterocycles. The molecular formula is C19H20ClF2N5O2. The lowest BCUT2D eigenvalue weighted by Crippen LogP contribution is -2.59. The molecule has 154 valence electrons. The van der Waals surface area contributed by atoms with E-state index in [1.165, 1.54) is 18.2 Å². The van der Waals surface area contributed by atoms with Crippen LogP contribution in [0.3, 0.4) is 0 Å². The molecule has 0 spiro atoms. The van der Waals surface area contributed by atoms with Gasteiger partial charge < -0.3 is 16.0 Å². The van der Waals surface area contributed by atoms with Gasteiger partial charge in [-0.1, -0.05) is 11.6 Å². The third-order valence-electron chi connectivity index (χ3n) is 5.46. The van der Waals surface area contributed by atoms with Crippen molar-refractivity contribution < 1.29 is 18.4 Å². The normalized spacial score (nSPS) is 23.3. The van der Waals surface area contributed by atoms with Crippen LogP contribution in [0.15, 0.2) is 18.2 Å². The molecule has 3 amide bonds. The number of nitrogens with zero attached hydrogens (tertiary/aromatic N) is 3. The smallest absolute Gasteiger partial charge is 0.318 e.